The molecule has 0 bridgehead atoms. The molecule has 0 amide bonds. The van der Waals surface area contributed by atoms with Gasteiger partial charge < -0.3 is 4.42 Å². The summed E-state index contributed by atoms with van der Waals surface area (Å²) in [6.07, 6.45) is -2.32. The molecule has 1 aromatic rings. The zero-order chi connectivity index (χ0) is 12.5. The largest absolute Gasteiger partial charge is 0.448 e. The molecule has 96 valence electrons. The Morgan fingerprint density at radius 3 is 2.53 bits per heavy atom. The summed E-state index contributed by atoms with van der Waals surface area (Å²) < 4.78 is 42.5. The highest BCUT2D eigenvalue weighted by molar-refractivity contribution is 5.04. The topological polar surface area (TPSA) is 29.3 Å². The van der Waals surface area contributed by atoms with Crippen LogP contribution >= 0.6 is 0 Å². The van der Waals surface area contributed by atoms with E-state index in [0.29, 0.717) is 19.6 Å². The highest BCUT2D eigenvalue weighted by Crippen LogP contribution is 2.34. The first-order valence-electron chi connectivity index (χ1n) is 5.65. The number of aromatic nitrogens is 1. The fourth-order valence-corrected chi connectivity index (χ4v) is 2.11. The van der Waals surface area contributed by atoms with E-state index in [9.17, 15) is 13.2 Å². The molecular weight excluding hydrogens is 233 g/mol. The minimum Gasteiger partial charge on any atom is -0.448 e. The van der Waals surface area contributed by atoms with Crippen molar-refractivity contribution < 1.29 is 17.6 Å². The van der Waals surface area contributed by atoms with E-state index < -0.39 is 12.1 Å². The molecule has 1 aliphatic heterocycles. The average Bonchev–Trinajstić information content (AvgIpc) is 2.64. The van der Waals surface area contributed by atoms with Crippen LogP contribution in [-0.2, 0) is 6.54 Å². The highest BCUT2D eigenvalue weighted by Gasteiger charge is 2.41. The van der Waals surface area contributed by atoms with Crippen LogP contribution in [0, 0.1) is 12.8 Å². The quantitative estimate of drug-likeness (QED) is 0.806. The lowest BCUT2D eigenvalue weighted by Gasteiger charge is -2.32. The van der Waals surface area contributed by atoms with Crippen LogP contribution in [0.2, 0.25) is 0 Å². The van der Waals surface area contributed by atoms with Crippen molar-refractivity contribution in [3.63, 3.8) is 0 Å². The molecule has 1 fully saturated rings. The fourth-order valence-electron chi connectivity index (χ4n) is 2.11. The van der Waals surface area contributed by atoms with E-state index >= 15 is 0 Å². The molecule has 0 N–H and O–H groups in total. The number of rotatable bonds is 2. The lowest BCUT2D eigenvalue weighted by atomic mass is 9.96. The Labute approximate surface area is 97.6 Å². The number of likely N-dealkylation sites (tertiary alicyclic amines) is 1. The van der Waals surface area contributed by atoms with Gasteiger partial charge in [-0.3, -0.25) is 4.90 Å². The van der Waals surface area contributed by atoms with E-state index in [1.54, 1.807) is 0 Å². The van der Waals surface area contributed by atoms with Crippen molar-refractivity contribution >= 4 is 0 Å². The van der Waals surface area contributed by atoms with Gasteiger partial charge in [-0.25, -0.2) is 4.98 Å². The van der Waals surface area contributed by atoms with Crippen LogP contribution in [0.5, 0.6) is 0 Å². The summed E-state index contributed by atoms with van der Waals surface area (Å²) in [7, 11) is 0. The van der Waals surface area contributed by atoms with Gasteiger partial charge in [-0.2, -0.15) is 13.2 Å². The fraction of sp³-hybridized carbons (Fsp3) is 0.727. The second-order valence-electron chi connectivity index (χ2n) is 4.45. The maximum atomic E-state index is 12.5. The normalized spacial score (nSPS) is 19.8. The van der Waals surface area contributed by atoms with Gasteiger partial charge in [0.1, 0.15) is 5.76 Å². The zero-order valence-electron chi connectivity index (χ0n) is 9.63. The van der Waals surface area contributed by atoms with Crippen molar-refractivity contribution in [2.75, 3.05) is 13.1 Å². The molecule has 0 spiro atoms. The minimum atomic E-state index is -4.05. The smallest absolute Gasteiger partial charge is 0.391 e. The minimum absolute atomic E-state index is 0.181. The number of nitrogens with zero attached hydrogens (tertiary/aromatic N) is 2. The first-order valence-corrected chi connectivity index (χ1v) is 5.65. The third-order valence-electron chi connectivity index (χ3n) is 3.27. The number of hydrogen-bond acceptors (Lipinski definition) is 3. The summed E-state index contributed by atoms with van der Waals surface area (Å²) in [6.45, 7) is 3.32. The Bertz CT molecular complexity index is 367. The van der Waals surface area contributed by atoms with Gasteiger partial charge in [-0.15, -0.1) is 0 Å². The van der Waals surface area contributed by atoms with E-state index in [1.165, 1.54) is 6.39 Å². The van der Waals surface area contributed by atoms with Gasteiger partial charge in [-0.05, 0) is 32.9 Å². The summed E-state index contributed by atoms with van der Waals surface area (Å²) >= 11 is 0. The number of piperidine rings is 1. The molecule has 0 radical (unpaired) electrons. The van der Waals surface area contributed by atoms with Gasteiger partial charge in [0.25, 0.3) is 0 Å². The van der Waals surface area contributed by atoms with Gasteiger partial charge in [0, 0.05) is 6.54 Å². The zero-order valence-corrected chi connectivity index (χ0v) is 9.63. The first-order chi connectivity index (χ1) is 7.97. The van der Waals surface area contributed by atoms with E-state index in [-0.39, 0.29) is 12.8 Å². The Morgan fingerprint density at radius 1 is 1.41 bits per heavy atom. The van der Waals surface area contributed by atoms with E-state index in [0.717, 1.165) is 11.5 Å². The molecule has 2 rings (SSSR count). The van der Waals surface area contributed by atoms with Gasteiger partial charge in [0.15, 0.2) is 6.39 Å². The second kappa shape index (κ2) is 4.68. The summed E-state index contributed by atoms with van der Waals surface area (Å²) in [5.74, 6) is -0.403. The Balaban J connectivity index is 1.86. The molecule has 0 atom stereocenters. The Kier molecular flexibility index (Phi) is 3.42. The van der Waals surface area contributed by atoms with Crippen molar-refractivity contribution in [3.8, 4) is 0 Å². The molecule has 1 saturated heterocycles. The van der Waals surface area contributed by atoms with E-state index in [4.69, 9.17) is 4.42 Å². The van der Waals surface area contributed by atoms with Crippen LogP contribution in [-0.4, -0.2) is 29.1 Å². The van der Waals surface area contributed by atoms with Crippen LogP contribution in [0.4, 0.5) is 13.2 Å². The lowest BCUT2D eigenvalue weighted by molar-refractivity contribution is -0.185. The lowest BCUT2D eigenvalue weighted by Crippen LogP contribution is -2.38. The van der Waals surface area contributed by atoms with Gasteiger partial charge in [0.05, 0.1) is 11.6 Å². The number of oxazole rings is 1. The molecule has 1 aromatic heterocycles. The highest BCUT2D eigenvalue weighted by atomic mass is 19.4. The molecule has 0 saturated carbocycles. The Morgan fingerprint density at radius 2 is 2.06 bits per heavy atom. The molecular formula is C11H15F3N2O. The van der Waals surface area contributed by atoms with Crippen LogP contribution in [0.25, 0.3) is 0 Å². The van der Waals surface area contributed by atoms with Crippen molar-refractivity contribution in [1.82, 2.24) is 9.88 Å². The summed E-state index contributed by atoms with van der Waals surface area (Å²) in [4.78, 5) is 6.04. The second-order valence-corrected chi connectivity index (χ2v) is 4.45. The predicted molar refractivity (Wildman–Crippen MR) is 55.3 cm³/mol. The first kappa shape index (κ1) is 12.4. The SMILES string of the molecule is Cc1ocnc1CN1CCC(C(F)(F)F)CC1. The van der Waals surface area contributed by atoms with Crippen LogP contribution in [0.3, 0.4) is 0 Å². The standard InChI is InChI=1S/C11H15F3N2O/c1-8-10(15-7-17-8)6-16-4-2-9(3-5-16)11(12,13)14/h7,9H,2-6H2,1H3. The molecule has 1 aliphatic rings. The van der Waals surface area contributed by atoms with Gasteiger partial charge >= 0.3 is 6.18 Å². The molecule has 3 nitrogen and oxygen atoms in total. The van der Waals surface area contributed by atoms with Crippen LogP contribution < -0.4 is 0 Å². The van der Waals surface area contributed by atoms with Crippen LogP contribution in [0.15, 0.2) is 10.8 Å². The van der Waals surface area contributed by atoms with E-state index in [1.807, 2.05) is 11.8 Å². The van der Waals surface area contributed by atoms with Crippen molar-refractivity contribution in [3.05, 3.63) is 17.8 Å². The molecule has 0 aromatic carbocycles. The summed E-state index contributed by atoms with van der Waals surface area (Å²) in [5.41, 5.74) is 0.815. The van der Waals surface area contributed by atoms with Crippen molar-refractivity contribution in [1.29, 1.82) is 0 Å². The average molecular weight is 248 g/mol. The van der Waals surface area contributed by atoms with Gasteiger partial charge in [0.2, 0.25) is 0 Å². The maximum absolute atomic E-state index is 12.5. The van der Waals surface area contributed by atoms with Crippen molar-refractivity contribution in [2.24, 2.45) is 5.92 Å². The number of hydrogen-bond donors (Lipinski definition) is 0. The predicted octanol–water partition coefficient (Wildman–Crippen LogP) is 2.76. The Hall–Kier alpha value is -1.04. The van der Waals surface area contributed by atoms with Crippen molar-refractivity contribution in [2.45, 2.75) is 32.5 Å². The molecule has 0 aliphatic carbocycles. The number of halogens is 3. The monoisotopic (exact) mass is 248 g/mol. The number of aryl methyl sites for hydroxylation is 1. The third-order valence-corrected chi connectivity index (χ3v) is 3.27. The third kappa shape index (κ3) is 3.00. The number of alkyl halides is 3. The van der Waals surface area contributed by atoms with E-state index in [2.05, 4.69) is 4.98 Å². The molecule has 17 heavy (non-hydrogen) atoms. The molecule has 0 unspecified atom stereocenters. The van der Waals surface area contributed by atoms with Crippen LogP contribution in [0.1, 0.15) is 24.3 Å². The maximum Gasteiger partial charge on any atom is 0.391 e. The molecule has 2 heterocycles. The van der Waals surface area contributed by atoms with Gasteiger partial charge in [-0.1, -0.05) is 0 Å². The summed E-state index contributed by atoms with van der Waals surface area (Å²) in [5, 5.41) is 0. The molecule has 6 heteroatoms. The summed E-state index contributed by atoms with van der Waals surface area (Å²) in [6, 6.07) is 0.